The van der Waals surface area contributed by atoms with Crippen LogP contribution in [-0.4, -0.2) is 22.1 Å². The molecule has 0 bridgehead atoms. The first-order valence-electron chi connectivity index (χ1n) is 6.41. The Labute approximate surface area is 121 Å². The fourth-order valence-electron chi connectivity index (χ4n) is 2.18. The van der Waals surface area contributed by atoms with Gasteiger partial charge in [-0.3, -0.25) is 4.90 Å². The second-order valence-electron chi connectivity index (χ2n) is 4.74. The van der Waals surface area contributed by atoms with Crippen LogP contribution in [0.1, 0.15) is 17.3 Å². The second kappa shape index (κ2) is 5.70. The summed E-state index contributed by atoms with van der Waals surface area (Å²) in [5, 5.41) is 7.44. The first-order chi connectivity index (χ1) is 9.76. The molecule has 2 heterocycles. The molecule has 0 aliphatic heterocycles. The number of hydrogen-bond acceptors (Lipinski definition) is 6. The highest BCUT2D eigenvalue weighted by Crippen LogP contribution is 2.26. The van der Waals surface area contributed by atoms with Crippen molar-refractivity contribution in [2.24, 2.45) is 5.73 Å². The molecule has 0 aliphatic carbocycles. The van der Waals surface area contributed by atoms with E-state index in [1.54, 1.807) is 11.3 Å². The largest absolute Gasteiger partial charge is 0.338 e. The van der Waals surface area contributed by atoms with Gasteiger partial charge < -0.3 is 10.3 Å². The molecule has 0 amide bonds. The van der Waals surface area contributed by atoms with Gasteiger partial charge in [0.25, 0.3) is 0 Å². The van der Waals surface area contributed by atoms with E-state index in [1.165, 1.54) is 15.6 Å². The topological polar surface area (TPSA) is 68.2 Å². The summed E-state index contributed by atoms with van der Waals surface area (Å²) in [5.41, 5.74) is 6.79. The fraction of sp³-hybridized carbons (Fsp3) is 0.286. The van der Waals surface area contributed by atoms with E-state index in [-0.39, 0.29) is 6.54 Å². The number of hydrogen-bond donors (Lipinski definition) is 1. The second-order valence-corrected chi connectivity index (χ2v) is 5.65. The SMILES string of the molecule is CN(Cc1noc(CN)n1)Cc1csc2ccccc12. The summed E-state index contributed by atoms with van der Waals surface area (Å²) in [5.74, 6) is 1.15. The standard InChI is InChI=1S/C14H16N4OS/c1-18(8-13-16-14(6-15)19-17-13)7-10-9-20-12-5-3-2-4-11(10)12/h2-5,9H,6-8,15H2,1H3. The zero-order valence-electron chi connectivity index (χ0n) is 11.2. The van der Waals surface area contributed by atoms with Crippen molar-refractivity contribution >= 4 is 21.4 Å². The summed E-state index contributed by atoms with van der Waals surface area (Å²) in [6.07, 6.45) is 0. The van der Waals surface area contributed by atoms with Crippen molar-refractivity contribution in [2.75, 3.05) is 7.05 Å². The molecule has 3 aromatic rings. The summed E-state index contributed by atoms with van der Waals surface area (Å²) < 4.78 is 6.33. The van der Waals surface area contributed by atoms with Crippen LogP contribution in [0.15, 0.2) is 34.2 Å². The number of nitrogens with two attached hydrogens (primary N) is 1. The van der Waals surface area contributed by atoms with Crippen molar-refractivity contribution < 1.29 is 4.52 Å². The highest BCUT2D eigenvalue weighted by molar-refractivity contribution is 7.17. The Balaban J connectivity index is 1.70. The van der Waals surface area contributed by atoms with Gasteiger partial charge in [-0.25, -0.2) is 0 Å². The first kappa shape index (κ1) is 13.2. The first-order valence-corrected chi connectivity index (χ1v) is 7.29. The van der Waals surface area contributed by atoms with Crippen LogP contribution < -0.4 is 5.73 Å². The zero-order chi connectivity index (χ0) is 13.9. The molecule has 0 atom stereocenters. The molecule has 0 saturated heterocycles. The summed E-state index contributed by atoms with van der Waals surface area (Å²) in [7, 11) is 2.05. The van der Waals surface area contributed by atoms with Gasteiger partial charge in [-0.05, 0) is 29.4 Å². The quantitative estimate of drug-likeness (QED) is 0.780. The lowest BCUT2D eigenvalue weighted by Crippen LogP contribution is -2.17. The highest BCUT2D eigenvalue weighted by Gasteiger charge is 2.10. The van der Waals surface area contributed by atoms with Gasteiger partial charge in [0.05, 0.1) is 13.1 Å². The highest BCUT2D eigenvalue weighted by atomic mass is 32.1. The van der Waals surface area contributed by atoms with E-state index in [0.29, 0.717) is 18.3 Å². The van der Waals surface area contributed by atoms with Gasteiger partial charge in [-0.1, -0.05) is 23.4 Å². The third kappa shape index (κ3) is 2.72. The molecule has 5 nitrogen and oxygen atoms in total. The van der Waals surface area contributed by atoms with Crippen LogP contribution in [0.3, 0.4) is 0 Å². The Hall–Kier alpha value is -1.76. The number of benzene rings is 1. The molecule has 104 valence electrons. The Morgan fingerprint density at radius 1 is 1.30 bits per heavy atom. The molecule has 3 rings (SSSR count). The van der Waals surface area contributed by atoms with Gasteiger partial charge in [-0.15, -0.1) is 11.3 Å². The van der Waals surface area contributed by atoms with Crippen LogP contribution in [0, 0.1) is 0 Å². The molecule has 6 heteroatoms. The van der Waals surface area contributed by atoms with E-state index in [9.17, 15) is 0 Å². The molecule has 20 heavy (non-hydrogen) atoms. The number of thiophene rings is 1. The van der Waals surface area contributed by atoms with Gasteiger partial charge in [0.1, 0.15) is 0 Å². The van der Waals surface area contributed by atoms with Crippen LogP contribution in [0.2, 0.25) is 0 Å². The van der Waals surface area contributed by atoms with E-state index in [0.717, 1.165) is 6.54 Å². The average Bonchev–Trinajstić information content (AvgIpc) is 3.06. The third-order valence-corrected chi connectivity index (χ3v) is 4.11. The van der Waals surface area contributed by atoms with Gasteiger partial charge in [0.15, 0.2) is 5.82 Å². The molecular weight excluding hydrogens is 272 g/mol. The molecular formula is C14H16N4OS. The van der Waals surface area contributed by atoms with Gasteiger partial charge in [0, 0.05) is 11.2 Å². The lowest BCUT2D eigenvalue weighted by Gasteiger charge is -2.13. The van der Waals surface area contributed by atoms with Crippen molar-refractivity contribution in [3.63, 3.8) is 0 Å². The summed E-state index contributed by atoms with van der Waals surface area (Å²) >= 11 is 1.78. The van der Waals surface area contributed by atoms with Crippen LogP contribution in [0.5, 0.6) is 0 Å². The Morgan fingerprint density at radius 3 is 2.95 bits per heavy atom. The molecule has 0 fully saturated rings. The molecule has 1 aromatic carbocycles. The third-order valence-electron chi connectivity index (χ3n) is 3.10. The molecule has 2 aromatic heterocycles. The van der Waals surface area contributed by atoms with E-state index < -0.39 is 0 Å². The van der Waals surface area contributed by atoms with E-state index in [1.807, 2.05) is 7.05 Å². The molecule has 0 unspecified atom stereocenters. The van der Waals surface area contributed by atoms with Crippen molar-refractivity contribution in [1.82, 2.24) is 15.0 Å². The molecule has 0 saturated carbocycles. The Kier molecular flexibility index (Phi) is 3.77. The summed E-state index contributed by atoms with van der Waals surface area (Å²) in [6, 6.07) is 8.46. The zero-order valence-corrected chi connectivity index (χ0v) is 12.1. The molecule has 0 spiro atoms. The summed E-state index contributed by atoms with van der Waals surface area (Å²) in [6.45, 7) is 1.79. The molecule has 0 radical (unpaired) electrons. The van der Waals surface area contributed by atoms with E-state index in [2.05, 4.69) is 44.7 Å². The average molecular weight is 288 g/mol. The normalized spacial score (nSPS) is 11.6. The van der Waals surface area contributed by atoms with E-state index in [4.69, 9.17) is 10.3 Å². The lowest BCUT2D eigenvalue weighted by molar-refractivity contribution is 0.301. The molecule has 2 N–H and O–H groups in total. The lowest BCUT2D eigenvalue weighted by atomic mass is 10.2. The van der Waals surface area contributed by atoms with Gasteiger partial charge in [-0.2, -0.15) is 4.98 Å². The van der Waals surface area contributed by atoms with Crippen LogP contribution in [0.25, 0.3) is 10.1 Å². The van der Waals surface area contributed by atoms with E-state index >= 15 is 0 Å². The fourth-order valence-corrected chi connectivity index (χ4v) is 3.13. The predicted molar refractivity (Wildman–Crippen MR) is 79.2 cm³/mol. The number of nitrogens with zero attached hydrogens (tertiary/aromatic N) is 3. The molecule has 0 aliphatic rings. The maximum Gasteiger partial charge on any atom is 0.240 e. The van der Waals surface area contributed by atoms with Crippen molar-refractivity contribution in [1.29, 1.82) is 0 Å². The minimum Gasteiger partial charge on any atom is -0.338 e. The number of rotatable bonds is 5. The minimum atomic E-state index is 0.284. The van der Waals surface area contributed by atoms with Gasteiger partial charge >= 0.3 is 0 Å². The Morgan fingerprint density at radius 2 is 2.15 bits per heavy atom. The number of aromatic nitrogens is 2. The smallest absolute Gasteiger partial charge is 0.240 e. The minimum absolute atomic E-state index is 0.284. The maximum atomic E-state index is 5.46. The van der Waals surface area contributed by atoms with Crippen LogP contribution >= 0.6 is 11.3 Å². The predicted octanol–water partition coefficient (Wildman–Crippen LogP) is 2.38. The van der Waals surface area contributed by atoms with Crippen LogP contribution in [0.4, 0.5) is 0 Å². The summed E-state index contributed by atoms with van der Waals surface area (Å²) in [4.78, 5) is 6.38. The number of fused-ring (bicyclic) bond motifs is 1. The van der Waals surface area contributed by atoms with Crippen molar-refractivity contribution in [3.8, 4) is 0 Å². The van der Waals surface area contributed by atoms with Crippen LogP contribution in [-0.2, 0) is 19.6 Å². The van der Waals surface area contributed by atoms with Crippen molar-refractivity contribution in [3.05, 3.63) is 46.9 Å². The van der Waals surface area contributed by atoms with Crippen molar-refractivity contribution in [2.45, 2.75) is 19.6 Å². The van der Waals surface area contributed by atoms with Gasteiger partial charge in [0.2, 0.25) is 5.89 Å². The monoisotopic (exact) mass is 288 g/mol. The maximum absolute atomic E-state index is 5.46. The Bertz CT molecular complexity index is 706.